The summed E-state index contributed by atoms with van der Waals surface area (Å²) in [7, 11) is 1.24. The zero-order valence-electron chi connectivity index (χ0n) is 39.6. The third-order valence-corrected chi connectivity index (χ3v) is 11.2. The van der Waals surface area contributed by atoms with Gasteiger partial charge in [-0.05, 0) is 24.2 Å². The number of carbonyl (C=O) groups is 1. The molecule has 0 saturated carbocycles. The lowest BCUT2D eigenvalue weighted by Gasteiger charge is -2.49. The maximum Gasteiger partial charge on any atom is 0.382 e. The quantitative estimate of drug-likeness (QED) is 0.0542. The van der Waals surface area contributed by atoms with E-state index in [-0.39, 0.29) is 43.3 Å². The Labute approximate surface area is 393 Å². The van der Waals surface area contributed by atoms with E-state index >= 15 is 0 Å². The molecule has 11 N–H and O–H groups in total. The summed E-state index contributed by atoms with van der Waals surface area (Å²) in [6.07, 6.45) is -2.55. The lowest BCUT2D eigenvalue weighted by atomic mass is 9.80. The molecule has 3 aliphatic heterocycles. The van der Waals surface area contributed by atoms with Crippen molar-refractivity contribution >= 4 is 5.97 Å². The first-order chi connectivity index (χ1) is 30.8. The molecule has 1 aromatic heterocycles. The van der Waals surface area contributed by atoms with Crippen LogP contribution in [0.15, 0.2) is 51.7 Å². The van der Waals surface area contributed by atoms with Gasteiger partial charge in [0.1, 0.15) is 54.9 Å². The fourth-order valence-corrected chi connectivity index (χ4v) is 7.24. The third-order valence-electron chi connectivity index (χ3n) is 11.2. The number of rotatable bonds is 14. The van der Waals surface area contributed by atoms with Crippen molar-refractivity contribution in [2.75, 3.05) is 26.9 Å². The van der Waals surface area contributed by atoms with E-state index in [1.54, 1.807) is 19.1 Å². The average molecular weight is 965 g/mol. The predicted molar refractivity (Wildman–Crippen MR) is 244 cm³/mol. The Morgan fingerprint density at radius 2 is 1.28 bits per heavy atom. The third kappa shape index (κ3) is 17.5. The molecule has 20 nitrogen and oxygen atoms in total. The highest BCUT2D eigenvalue weighted by atomic mass is 16.7. The Hall–Kier alpha value is -3.32. The normalized spacial score (nSPS) is 33.0. The molecular formula is C47H80O20. The smallest absolute Gasteiger partial charge is 0.382 e. The lowest BCUT2D eigenvalue weighted by molar-refractivity contribution is -0.340. The van der Waals surface area contributed by atoms with Crippen molar-refractivity contribution in [3.8, 4) is 11.5 Å². The largest absolute Gasteiger partial charge is 0.504 e. The number of unbranched alkanes of at least 4 members (excludes halogenated alkanes) is 2. The summed E-state index contributed by atoms with van der Waals surface area (Å²) in [6, 6.07) is 1.18. The van der Waals surface area contributed by atoms with Crippen LogP contribution < -0.4 is 10.4 Å². The monoisotopic (exact) mass is 965 g/mol. The van der Waals surface area contributed by atoms with Crippen molar-refractivity contribution in [2.45, 2.75) is 181 Å². The van der Waals surface area contributed by atoms with E-state index < -0.39 is 121 Å². The van der Waals surface area contributed by atoms with Gasteiger partial charge < -0.3 is 89.0 Å². The molecule has 1 aromatic rings. The number of ether oxygens (including phenoxy) is 6. The molecule has 0 bridgehead atoms. The molecule has 388 valence electrons. The zero-order valence-corrected chi connectivity index (χ0v) is 39.6. The Morgan fingerprint density at radius 1 is 0.746 bits per heavy atom. The number of allylic oxidation sites excluding steroid dienone is 5. The molecule has 3 aliphatic rings. The van der Waals surface area contributed by atoms with Crippen molar-refractivity contribution < 1.29 is 93.8 Å². The SMILES string of the molecule is C.CC(C)(C)C1OC(CO)C(O)C(O)C1O.CC1C(CO)OC(OC2C(CO)OC(C(C)(C)C)C(O)C2O)C(O)C1O.CCCC/C=C/C=C/C=C/C(=O)OC(C)c1cc(O)c(OC)c(=O)o1. The van der Waals surface area contributed by atoms with Crippen molar-refractivity contribution in [1.29, 1.82) is 0 Å². The molecule has 4 heterocycles. The van der Waals surface area contributed by atoms with Gasteiger partial charge in [-0.3, -0.25) is 0 Å². The van der Waals surface area contributed by atoms with E-state index in [0.29, 0.717) is 0 Å². The summed E-state index contributed by atoms with van der Waals surface area (Å²) < 4.78 is 37.0. The molecule has 3 fully saturated rings. The Morgan fingerprint density at radius 3 is 1.79 bits per heavy atom. The highest BCUT2D eigenvalue weighted by Crippen LogP contribution is 2.37. The van der Waals surface area contributed by atoms with E-state index in [9.17, 15) is 60.7 Å². The van der Waals surface area contributed by atoms with Crippen molar-refractivity contribution in [1.82, 2.24) is 0 Å². The first-order valence-electron chi connectivity index (χ1n) is 22.1. The minimum absolute atomic E-state index is 0. The van der Waals surface area contributed by atoms with Gasteiger partial charge in [0.25, 0.3) is 0 Å². The fourth-order valence-electron chi connectivity index (χ4n) is 7.24. The van der Waals surface area contributed by atoms with Crippen LogP contribution in [0.25, 0.3) is 0 Å². The van der Waals surface area contributed by atoms with Crippen LogP contribution in [0.1, 0.15) is 101 Å². The molecule has 3 saturated heterocycles. The van der Waals surface area contributed by atoms with Crippen molar-refractivity contribution in [3.63, 3.8) is 0 Å². The number of aliphatic hydroxyl groups is 10. The second-order valence-electron chi connectivity index (χ2n) is 18.7. The second-order valence-corrected chi connectivity index (χ2v) is 18.7. The minimum Gasteiger partial charge on any atom is -0.504 e. The van der Waals surface area contributed by atoms with Crippen LogP contribution in [0, 0.1) is 16.7 Å². The Bertz CT molecular complexity index is 1730. The Kier molecular flexibility index (Phi) is 26.1. The van der Waals surface area contributed by atoms with Gasteiger partial charge >= 0.3 is 11.6 Å². The van der Waals surface area contributed by atoms with Crippen LogP contribution in [0.5, 0.6) is 11.5 Å². The Balaban J connectivity index is 0.000000517. The van der Waals surface area contributed by atoms with Crippen LogP contribution in [-0.4, -0.2) is 175 Å². The minimum atomic E-state index is -1.42. The predicted octanol–water partition coefficient (Wildman–Crippen LogP) is 1.30. The highest BCUT2D eigenvalue weighted by molar-refractivity contribution is 5.82. The maximum atomic E-state index is 11.7. The van der Waals surface area contributed by atoms with Crippen molar-refractivity contribution in [3.05, 3.63) is 58.7 Å². The molecule has 67 heavy (non-hydrogen) atoms. The van der Waals surface area contributed by atoms with Gasteiger partial charge in [-0.15, -0.1) is 0 Å². The number of esters is 1. The van der Waals surface area contributed by atoms with Gasteiger partial charge in [-0.2, -0.15) is 0 Å². The second kappa shape index (κ2) is 28.4. The van der Waals surface area contributed by atoms with Gasteiger partial charge in [0, 0.05) is 18.1 Å². The summed E-state index contributed by atoms with van der Waals surface area (Å²) in [5.41, 5.74) is -1.70. The number of aromatic hydroxyl groups is 1. The van der Waals surface area contributed by atoms with Crippen LogP contribution in [0.3, 0.4) is 0 Å². The van der Waals surface area contributed by atoms with Gasteiger partial charge in [0.05, 0.1) is 51.3 Å². The van der Waals surface area contributed by atoms with Gasteiger partial charge in [-0.25, -0.2) is 9.59 Å². The molecule has 20 heteroatoms. The number of hydrogen-bond donors (Lipinski definition) is 11. The molecule has 0 aromatic carbocycles. The molecule has 0 radical (unpaired) electrons. The average Bonchev–Trinajstić information content (AvgIpc) is 3.25. The molecule has 16 atom stereocenters. The van der Waals surface area contributed by atoms with Crippen LogP contribution >= 0.6 is 0 Å². The van der Waals surface area contributed by atoms with Crippen LogP contribution in [0.4, 0.5) is 0 Å². The number of aliphatic hydroxyl groups excluding tert-OH is 10. The van der Waals surface area contributed by atoms with Gasteiger partial charge in [0.2, 0.25) is 5.75 Å². The van der Waals surface area contributed by atoms with E-state index in [1.807, 2.05) is 53.7 Å². The first kappa shape index (κ1) is 61.7. The summed E-state index contributed by atoms with van der Waals surface area (Å²) >= 11 is 0. The van der Waals surface area contributed by atoms with E-state index in [1.165, 1.54) is 26.2 Å². The molecular weight excluding hydrogens is 884 g/mol. The fraction of sp³-hybridized carbons (Fsp3) is 0.745. The number of carbonyl (C=O) groups excluding carboxylic acids is 1. The lowest BCUT2D eigenvalue weighted by Crippen LogP contribution is -2.65. The maximum absolute atomic E-state index is 11.7. The first-order valence-corrected chi connectivity index (χ1v) is 22.1. The number of methoxy groups -OCH3 is 1. The summed E-state index contributed by atoms with van der Waals surface area (Å²) in [5, 5.41) is 108. The van der Waals surface area contributed by atoms with E-state index in [4.69, 9.17) is 37.9 Å². The number of hydrogen-bond acceptors (Lipinski definition) is 20. The molecule has 0 amide bonds. The topological polar surface area (TPSA) is 325 Å². The summed E-state index contributed by atoms with van der Waals surface area (Å²) in [6.45, 7) is 15.1. The van der Waals surface area contributed by atoms with Crippen LogP contribution in [-0.2, 0) is 28.5 Å². The van der Waals surface area contributed by atoms with Crippen molar-refractivity contribution in [2.24, 2.45) is 16.7 Å². The highest BCUT2D eigenvalue weighted by Gasteiger charge is 2.52. The van der Waals surface area contributed by atoms with Gasteiger partial charge in [0.15, 0.2) is 23.9 Å². The molecule has 16 unspecified atom stereocenters. The van der Waals surface area contributed by atoms with Crippen LogP contribution in [0.2, 0.25) is 0 Å². The summed E-state index contributed by atoms with van der Waals surface area (Å²) in [4.78, 5) is 23.3. The van der Waals surface area contributed by atoms with Gasteiger partial charge in [-0.1, -0.05) is 106 Å². The zero-order chi connectivity index (χ0) is 50.3. The molecule has 0 aliphatic carbocycles. The summed E-state index contributed by atoms with van der Waals surface area (Å²) in [5.74, 6) is -1.75. The molecule has 4 rings (SSSR count). The van der Waals surface area contributed by atoms with E-state index in [0.717, 1.165) is 19.3 Å². The standard InChI is InChI=1S/C19H24O6.C17H32O9.C10H20O5.CH4/c1-4-5-6-7-8-9-10-11-12-17(21)24-14(2)16-13-15(20)18(23-3)19(22)25-16;1-7-8(5-18)25-16(13(23)10(7)20)26-14-9(6-19)24-15(17(2,3)4)12(22)11(14)21;1-10(2,3)9-8(14)7(13)6(12)5(4-11)15-9;/h7-14,20H,4-6H2,1-3H3;7-16,18-23H,5-6H2,1-4H3;5-9,11-14H,4H2,1-3H3;1H4/b8-7+,10-9+,12-11+;;;. The van der Waals surface area contributed by atoms with E-state index in [2.05, 4.69) is 13.0 Å². The molecule has 0 spiro atoms.